The van der Waals surface area contributed by atoms with Crippen molar-refractivity contribution in [3.63, 3.8) is 0 Å². The van der Waals surface area contributed by atoms with E-state index in [0.29, 0.717) is 11.1 Å². The molecule has 0 aliphatic heterocycles. The zero-order valence-corrected chi connectivity index (χ0v) is 11.8. The van der Waals surface area contributed by atoms with Gasteiger partial charge in [0.2, 0.25) is 5.89 Å². The molecule has 2 aromatic rings. The maximum Gasteiger partial charge on any atom is 0.276 e. The summed E-state index contributed by atoms with van der Waals surface area (Å²) >= 11 is 4.97. The molecule has 4 nitrogen and oxygen atoms in total. The zero-order valence-electron chi connectivity index (χ0n) is 9.44. The predicted octanol–water partition coefficient (Wildman–Crippen LogP) is 3.44. The quantitative estimate of drug-likeness (QED) is 0.809. The van der Waals surface area contributed by atoms with Crippen LogP contribution >= 0.6 is 27.7 Å². The lowest BCUT2D eigenvalue weighted by atomic mass is 10.2. The number of aryl methyl sites for hydroxylation is 1. The highest BCUT2D eigenvalue weighted by Gasteiger charge is 2.05. The summed E-state index contributed by atoms with van der Waals surface area (Å²) in [5, 5.41) is 8.30. The van der Waals surface area contributed by atoms with Crippen LogP contribution in [0.2, 0.25) is 0 Å². The molecule has 0 aliphatic carbocycles. The lowest BCUT2D eigenvalue weighted by molar-refractivity contribution is 0.412. The van der Waals surface area contributed by atoms with E-state index in [0.717, 1.165) is 16.0 Å². The number of rotatable bonds is 4. The van der Waals surface area contributed by atoms with Gasteiger partial charge in [-0.3, -0.25) is 0 Å². The second kappa shape index (κ2) is 5.55. The van der Waals surface area contributed by atoms with Crippen LogP contribution in [0.5, 0.6) is 5.75 Å². The van der Waals surface area contributed by atoms with Crippen LogP contribution in [0.4, 0.5) is 0 Å². The fraction of sp³-hybridized carbons (Fsp3) is 0.273. The highest BCUT2D eigenvalue weighted by atomic mass is 79.9. The van der Waals surface area contributed by atoms with E-state index in [9.17, 15) is 0 Å². The summed E-state index contributed by atoms with van der Waals surface area (Å²) < 4.78 is 11.4. The van der Waals surface area contributed by atoms with Gasteiger partial charge in [0.05, 0.1) is 11.6 Å². The van der Waals surface area contributed by atoms with E-state index in [-0.39, 0.29) is 0 Å². The first-order valence-corrected chi connectivity index (χ1v) is 6.72. The van der Waals surface area contributed by atoms with Crippen molar-refractivity contribution < 1.29 is 9.15 Å². The van der Waals surface area contributed by atoms with Crippen LogP contribution < -0.4 is 4.74 Å². The molecule has 0 N–H and O–H groups in total. The van der Waals surface area contributed by atoms with E-state index in [1.54, 1.807) is 14.0 Å². The molecule has 6 heteroatoms. The molecule has 0 spiro atoms. The normalized spacial score (nSPS) is 10.5. The van der Waals surface area contributed by atoms with Crippen LogP contribution in [0.3, 0.4) is 0 Å². The number of thioether (sulfide) groups is 1. The van der Waals surface area contributed by atoms with Gasteiger partial charge in [0.1, 0.15) is 5.75 Å². The first-order chi connectivity index (χ1) is 8.19. The average molecular weight is 315 g/mol. The zero-order chi connectivity index (χ0) is 12.3. The summed E-state index contributed by atoms with van der Waals surface area (Å²) in [5.74, 6) is 2.19. The number of methoxy groups -OCH3 is 1. The predicted molar refractivity (Wildman–Crippen MR) is 69.3 cm³/mol. The molecule has 0 radical (unpaired) electrons. The Labute approximate surface area is 112 Å². The first kappa shape index (κ1) is 12.4. The summed E-state index contributed by atoms with van der Waals surface area (Å²) in [6.07, 6.45) is 0. The Hall–Kier alpha value is -1.01. The molecule has 0 aliphatic rings. The van der Waals surface area contributed by atoms with Crippen LogP contribution in [0, 0.1) is 6.92 Å². The Bertz CT molecular complexity index is 516. The van der Waals surface area contributed by atoms with Gasteiger partial charge >= 0.3 is 0 Å². The molecular formula is C11H11BrN2O2S. The molecule has 0 unspecified atom stereocenters. The number of halogens is 1. The molecule has 0 fully saturated rings. The van der Waals surface area contributed by atoms with Crippen LogP contribution in [0.15, 0.2) is 32.3 Å². The summed E-state index contributed by atoms with van der Waals surface area (Å²) in [6, 6.07) is 5.97. The minimum Gasteiger partial charge on any atom is -0.496 e. The molecule has 1 heterocycles. The summed E-state index contributed by atoms with van der Waals surface area (Å²) in [4.78, 5) is 0. The number of ether oxygens (including phenoxy) is 1. The Morgan fingerprint density at radius 2 is 2.24 bits per heavy atom. The number of aromatic nitrogens is 2. The van der Waals surface area contributed by atoms with Crippen molar-refractivity contribution in [1.29, 1.82) is 0 Å². The summed E-state index contributed by atoms with van der Waals surface area (Å²) in [6.45, 7) is 1.78. The lowest BCUT2D eigenvalue weighted by Crippen LogP contribution is -1.86. The highest BCUT2D eigenvalue weighted by molar-refractivity contribution is 9.10. The van der Waals surface area contributed by atoms with Gasteiger partial charge in [-0.2, -0.15) is 0 Å². The number of benzene rings is 1. The molecule has 0 saturated heterocycles. The Morgan fingerprint density at radius 1 is 1.41 bits per heavy atom. The van der Waals surface area contributed by atoms with E-state index in [2.05, 4.69) is 26.1 Å². The lowest BCUT2D eigenvalue weighted by Gasteiger charge is -2.04. The molecule has 2 rings (SSSR count). The number of nitrogens with zero attached hydrogens (tertiary/aromatic N) is 2. The molecule has 0 atom stereocenters. The topological polar surface area (TPSA) is 48.2 Å². The van der Waals surface area contributed by atoms with Gasteiger partial charge in [0.25, 0.3) is 5.22 Å². The van der Waals surface area contributed by atoms with Crippen molar-refractivity contribution in [3.05, 3.63) is 34.1 Å². The van der Waals surface area contributed by atoms with Crippen molar-refractivity contribution in [1.82, 2.24) is 10.2 Å². The number of hydrogen-bond donors (Lipinski definition) is 0. The molecule has 1 aromatic heterocycles. The smallest absolute Gasteiger partial charge is 0.276 e. The summed E-state index contributed by atoms with van der Waals surface area (Å²) in [5.41, 5.74) is 1.17. The van der Waals surface area contributed by atoms with Crippen molar-refractivity contribution in [3.8, 4) is 5.75 Å². The van der Waals surface area contributed by atoms with Gasteiger partial charge in [-0.25, -0.2) is 0 Å². The van der Waals surface area contributed by atoms with Crippen molar-refractivity contribution in [2.75, 3.05) is 7.11 Å². The standard InChI is InChI=1S/C11H11BrN2O2S/c1-7-13-14-11(16-7)17-6-8-3-4-10(15-2)9(12)5-8/h3-5H,6H2,1-2H3. The van der Waals surface area contributed by atoms with Crippen LogP contribution in [-0.4, -0.2) is 17.3 Å². The molecule has 0 amide bonds. The molecule has 90 valence electrons. The van der Waals surface area contributed by atoms with Crippen molar-refractivity contribution in [2.45, 2.75) is 17.9 Å². The van der Waals surface area contributed by atoms with Gasteiger partial charge in [-0.1, -0.05) is 17.8 Å². The third-order valence-corrected chi connectivity index (χ3v) is 3.60. The van der Waals surface area contributed by atoms with Gasteiger partial charge < -0.3 is 9.15 Å². The fourth-order valence-electron chi connectivity index (χ4n) is 1.28. The third-order valence-electron chi connectivity index (χ3n) is 2.09. The molecule has 1 aromatic carbocycles. The van der Waals surface area contributed by atoms with E-state index < -0.39 is 0 Å². The van der Waals surface area contributed by atoms with Gasteiger partial charge in [0.15, 0.2) is 0 Å². The monoisotopic (exact) mass is 314 g/mol. The average Bonchev–Trinajstić information content (AvgIpc) is 2.73. The van der Waals surface area contributed by atoms with E-state index in [1.807, 2.05) is 18.2 Å². The van der Waals surface area contributed by atoms with Gasteiger partial charge in [-0.15, -0.1) is 10.2 Å². The van der Waals surface area contributed by atoms with Gasteiger partial charge in [-0.05, 0) is 33.6 Å². The maximum absolute atomic E-state index is 5.28. The third kappa shape index (κ3) is 3.23. The Morgan fingerprint density at radius 3 is 2.82 bits per heavy atom. The Balaban J connectivity index is 2.02. The van der Waals surface area contributed by atoms with E-state index >= 15 is 0 Å². The molecule has 0 bridgehead atoms. The van der Waals surface area contributed by atoms with Gasteiger partial charge in [0, 0.05) is 12.7 Å². The van der Waals surface area contributed by atoms with Crippen molar-refractivity contribution >= 4 is 27.7 Å². The minimum atomic E-state index is 0.586. The summed E-state index contributed by atoms with van der Waals surface area (Å²) in [7, 11) is 1.65. The van der Waals surface area contributed by atoms with E-state index in [4.69, 9.17) is 9.15 Å². The SMILES string of the molecule is COc1ccc(CSc2nnc(C)o2)cc1Br. The maximum atomic E-state index is 5.28. The highest BCUT2D eigenvalue weighted by Crippen LogP contribution is 2.28. The van der Waals surface area contributed by atoms with Crippen LogP contribution in [-0.2, 0) is 5.75 Å². The fourth-order valence-corrected chi connectivity index (χ4v) is 2.62. The first-order valence-electron chi connectivity index (χ1n) is 4.94. The second-order valence-electron chi connectivity index (χ2n) is 3.34. The second-order valence-corrected chi connectivity index (χ2v) is 5.13. The van der Waals surface area contributed by atoms with E-state index in [1.165, 1.54) is 17.3 Å². The van der Waals surface area contributed by atoms with Crippen LogP contribution in [0.1, 0.15) is 11.5 Å². The van der Waals surface area contributed by atoms with Crippen molar-refractivity contribution in [2.24, 2.45) is 0 Å². The molecule has 17 heavy (non-hydrogen) atoms. The van der Waals surface area contributed by atoms with Crippen LogP contribution in [0.25, 0.3) is 0 Å². The largest absolute Gasteiger partial charge is 0.496 e. The molecular weight excluding hydrogens is 304 g/mol. The minimum absolute atomic E-state index is 0.586. The Kier molecular flexibility index (Phi) is 4.06. The number of hydrogen-bond acceptors (Lipinski definition) is 5. The molecule has 0 saturated carbocycles.